The molecule has 1 aromatic heterocycles. The molecule has 1 aliphatic carbocycles. The highest BCUT2D eigenvalue weighted by Crippen LogP contribution is 2.30. The standard InChI is InChI=1S/C13H24N4OS/c1-9(19-12-16-15-10(2)17(12)4)7-13(3,8-18)14-11-5-6-11/h9,11,14,18H,5-8H2,1-4H3. The summed E-state index contributed by atoms with van der Waals surface area (Å²) >= 11 is 1.72. The van der Waals surface area contributed by atoms with E-state index in [4.69, 9.17) is 0 Å². The highest BCUT2D eigenvalue weighted by atomic mass is 32.2. The number of nitrogens with zero attached hydrogens (tertiary/aromatic N) is 3. The summed E-state index contributed by atoms with van der Waals surface area (Å²) in [7, 11) is 1.98. The lowest BCUT2D eigenvalue weighted by molar-refractivity contribution is 0.164. The van der Waals surface area contributed by atoms with Gasteiger partial charge < -0.3 is 15.0 Å². The summed E-state index contributed by atoms with van der Waals surface area (Å²) in [6.45, 7) is 6.40. The maximum atomic E-state index is 9.63. The van der Waals surface area contributed by atoms with Crippen molar-refractivity contribution in [3.05, 3.63) is 5.82 Å². The number of aromatic nitrogens is 3. The van der Waals surface area contributed by atoms with E-state index in [0.717, 1.165) is 17.4 Å². The molecule has 0 aromatic carbocycles. The van der Waals surface area contributed by atoms with Crippen molar-refractivity contribution in [3.8, 4) is 0 Å². The van der Waals surface area contributed by atoms with Gasteiger partial charge in [0.1, 0.15) is 5.82 Å². The number of aliphatic hydroxyl groups is 1. The Morgan fingerprint density at radius 1 is 1.53 bits per heavy atom. The molecule has 1 aromatic rings. The number of aryl methyl sites for hydroxylation is 1. The van der Waals surface area contributed by atoms with Gasteiger partial charge in [0, 0.05) is 23.9 Å². The molecule has 2 unspecified atom stereocenters. The number of hydrogen-bond donors (Lipinski definition) is 2. The van der Waals surface area contributed by atoms with Gasteiger partial charge in [0.15, 0.2) is 5.16 Å². The van der Waals surface area contributed by atoms with Gasteiger partial charge in [0.05, 0.1) is 6.61 Å². The number of aliphatic hydroxyl groups excluding tert-OH is 1. The molecule has 1 heterocycles. The van der Waals surface area contributed by atoms with E-state index in [1.54, 1.807) is 11.8 Å². The summed E-state index contributed by atoms with van der Waals surface area (Å²) in [6.07, 6.45) is 3.38. The molecular formula is C13H24N4OS. The average Bonchev–Trinajstić information content (AvgIpc) is 3.11. The maximum absolute atomic E-state index is 9.63. The minimum Gasteiger partial charge on any atom is -0.394 e. The fraction of sp³-hybridized carbons (Fsp3) is 0.846. The normalized spacial score (nSPS) is 20.3. The molecule has 0 saturated heterocycles. The van der Waals surface area contributed by atoms with Crippen molar-refractivity contribution in [3.63, 3.8) is 0 Å². The lowest BCUT2D eigenvalue weighted by atomic mass is 9.97. The van der Waals surface area contributed by atoms with Crippen LogP contribution in [0.1, 0.15) is 38.9 Å². The van der Waals surface area contributed by atoms with Crippen LogP contribution in [-0.4, -0.2) is 43.3 Å². The Kier molecular flexibility index (Phi) is 4.53. The molecule has 0 amide bonds. The molecule has 5 nitrogen and oxygen atoms in total. The van der Waals surface area contributed by atoms with Gasteiger partial charge in [-0.1, -0.05) is 18.7 Å². The summed E-state index contributed by atoms with van der Waals surface area (Å²) in [5.74, 6) is 0.927. The Bertz CT molecular complexity index is 432. The topological polar surface area (TPSA) is 63.0 Å². The lowest BCUT2D eigenvalue weighted by Gasteiger charge is -2.31. The van der Waals surface area contributed by atoms with E-state index >= 15 is 0 Å². The zero-order chi connectivity index (χ0) is 14.0. The molecule has 1 fully saturated rings. The lowest BCUT2D eigenvalue weighted by Crippen LogP contribution is -2.48. The quantitative estimate of drug-likeness (QED) is 0.743. The van der Waals surface area contributed by atoms with Gasteiger partial charge >= 0.3 is 0 Å². The van der Waals surface area contributed by atoms with Crippen LogP contribution >= 0.6 is 11.8 Å². The summed E-state index contributed by atoms with van der Waals surface area (Å²) in [5.41, 5.74) is -0.193. The van der Waals surface area contributed by atoms with E-state index in [0.29, 0.717) is 11.3 Å². The third-order valence-electron chi connectivity index (χ3n) is 3.58. The van der Waals surface area contributed by atoms with Gasteiger partial charge in [0.2, 0.25) is 0 Å². The van der Waals surface area contributed by atoms with Crippen molar-refractivity contribution in [2.45, 2.75) is 62.0 Å². The number of thioether (sulfide) groups is 1. The summed E-state index contributed by atoms with van der Waals surface area (Å²) in [4.78, 5) is 0. The van der Waals surface area contributed by atoms with Crippen molar-refractivity contribution in [2.24, 2.45) is 7.05 Å². The Morgan fingerprint density at radius 2 is 2.21 bits per heavy atom. The van der Waals surface area contributed by atoms with Crippen LogP contribution in [0, 0.1) is 6.92 Å². The van der Waals surface area contributed by atoms with Gasteiger partial charge in [-0.15, -0.1) is 10.2 Å². The van der Waals surface area contributed by atoms with Gasteiger partial charge in [0.25, 0.3) is 0 Å². The summed E-state index contributed by atoms with van der Waals surface area (Å²) in [6, 6.07) is 0.603. The number of rotatable bonds is 7. The van der Waals surface area contributed by atoms with Gasteiger partial charge in [-0.2, -0.15) is 0 Å². The molecule has 2 N–H and O–H groups in total. The molecule has 19 heavy (non-hydrogen) atoms. The van der Waals surface area contributed by atoms with Crippen LogP contribution in [0.25, 0.3) is 0 Å². The molecule has 2 rings (SSSR count). The molecule has 0 radical (unpaired) electrons. The Morgan fingerprint density at radius 3 is 2.68 bits per heavy atom. The molecule has 1 saturated carbocycles. The van der Waals surface area contributed by atoms with Crippen LogP contribution in [0.15, 0.2) is 5.16 Å². The SMILES string of the molecule is Cc1nnc(SC(C)CC(C)(CO)NC2CC2)n1C. The highest BCUT2D eigenvalue weighted by Gasteiger charge is 2.33. The largest absolute Gasteiger partial charge is 0.394 e. The van der Waals surface area contributed by atoms with Crippen LogP contribution < -0.4 is 5.32 Å². The fourth-order valence-electron chi connectivity index (χ4n) is 2.24. The van der Waals surface area contributed by atoms with Crippen LogP contribution in [0.5, 0.6) is 0 Å². The summed E-state index contributed by atoms with van der Waals surface area (Å²) < 4.78 is 2.01. The molecule has 1 aliphatic rings. The first-order valence-corrected chi connectivity index (χ1v) is 7.73. The van der Waals surface area contributed by atoms with E-state index < -0.39 is 0 Å². The van der Waals surface area contributed by atoms with E-state index in [2.05, 4.69) is 29.4 Å². The van der Waals surface area contributed by atoms with Crippen LogP contribution in [-0.2, 0) is 7.05 Å². The number of nitrogens with one attached hydrogen (secondary N) is 1. The Hall–Kier alpha value is -0.590. The molecule has 6 heteroatoms. The zero-order valence-electron chi connectivity index (χ0n) is 12.2. The van der Waals surface area contributed by atoms with Crippen molar-refractivity contribution in [2.75, 3.05) is 6.61 Å². The molecule has 0 bridgehead atoms. The Labute approximate surface area is 119 Å². The first kappa shape index (κ1) is 14.8. The van der Waals surface area contributed by atoms with Crippen molar-refractivity contribution >= 4 is 11.8 Å². The molecule has 0 spiro atoms. The van der Waals surface area contributed by atoms with Crippen LogP contribution in [0.4, 0.5) is 0 Å². The fourth-order valence-corrected chi connectivity index (χ4v) is 3.43. The zero-order valence-corrected chi connectivity index (χ0v) is 13.0. The highest BCUT2D eigenvalue weighted by molar-refractivity contribution is 7.99. The third-order valence-corrected chi connectivity index (χ3v) is 4.71. The second-order valence-electron chi connectivity index (χ2n) is 5.86. The van der Waals surface area contributed by atoms with Crippen molar-refractivity contribution in [1.82, 2.24) is 20.1 Å². The minimum absolute atomic E-state index is 0.173. The first-order chi connectivity index (χ1) is 8.93. The second-order valence-corrected chi connectivity index (χ2v) is 7.26. The monoisotopic (exact) mass is 284 g/mol. The predicted octanol–water partition coefficient (Wildman–Crippen LogP) is 1.50. The van der Waals surface area contributed by atoms with Gasteiger partial charge in [-0.3, -0.25) is 0 Å². The predicted molar refractivity (Wildman–Crippen MR) is 77.3 cm³/mol. The van der Waals surface area contributed by atoms with Crippen LogP contribution in [0.3, 0.4) is 0 Å². The third kappa shape index (κ3) is 3.94. The summed E-state index contributed by atoms with van der Waals surface area (Å²) in [5, 5.41) is 22.7. The minimum atomic E-state index is -0.193. The first-order valence-electron chi connectivity index (χ1n) is 6.85. The average molecular weight is 284 g/mol. The van der Waals surface area contributed by atoms with Crippen molar-refractivity contribution in [1.29, 1.82) is 0 Å². The van der Waals surface area contributed by atoms with E-state index in [9.17, 15) is 5.11 Å². The molecule has 2 atom stereocenters. The molecule has 0 aliphatic heterocycles. The molecular weight excluding hydrogens is 260 g/mol. The van der Waals surface area contributed by atoms with Gasteiger partial charge in [-0.25, -0.2) is 0 Å². The van der Waals surface area contributed by atoms with E-state index in [-0.39, 0.29) is 12.1 Å². The Balaban J connectivity index is 1.91. The van der Waals surface area contributed by atoms with Crippen molar-refractivity contribution < 1.29 is 5.11 Å². The smallest absolute Gasteiger partial charge is 0.191 e. The number of hydrogen-bond acceptors (Lipinski definition) is 5. The molecule has 108 valence electrons. The second kappa shape index (κ2) is 5.81. The van der Waals surface area contributed by atoms with Crippen LogP contribution in [0.2, 0.25) is 0 Å². The van der Waals surface area contributed by atoms with E-state index in [1.165, 1.54) is 12.8 Å². The maximum Gasteiger partial charge on any atom is 0.191 e. The van der Waals surface area contributed by atoms with E-state index in [1.807, 2.05) is 18.5 Å². The van der Waals surface area contributed by atoms with Gasteiger partial charge in [-0.05, 0) is 33.1 Å².